The smallest absolute Gasteiger partial charge is 0.166 e. The highest BCUT2D eigenvalue weighted by Gasteiger charge is 2.56. The number of halogens is 1. The highest BCUT2D eigenvalue weighted by atomic mass is 19.1. The SMILES string of the molecule is Cc1cc(C(=O)C2C3CCCC32)cc(C)c1F. The minimum atomic E-state index is -0.183. The van der Waals surface area contributed by atoms with Crippen LogP contribution in [0.4, 0.5) is 4.39 Å². The molecule has 2 aliphatic carbocycles. The zero-order valence-electron chi connectivity index (χ0n) is 10.3. The Bertz CT molecular complexity index is 459. The van der Waals surface area contributed by atoms with Crippen LogP contribution in [-0.2, 0) is 0 Å². The fourth-order valence-corrected chi connectivity index (χ4v) is 3.49. The normalized spacial score (nSPS) is 30.2. The van der Waals surface area contributed by atoms with Gasteiger partial charge in [-0.2, -0.15) is 0 Å². The quantitative estimate of drug-likeness (QED) is 0.711. The second-order valence-corrected chi connectivity index (χ2v) is 5.57. The van der Waals surface area contributed by atoms with E-state index < -0.39 is 0 Å². The molecule has 2 saturated carbocycles. The van der Waals surface area contributed by atoms with E-state index in [1.165, 1.54) is 19.3 Å². The second-order valence-electron chi connectivity index (χ2n) is 5.57. The van der Waals surface area contributed by atoms with E-state index >= 15 is 0 Å². The van der Waals surface area contributed by atoms with Gasteiger partial charge in [-0.05, 0) is 61.8 Å². The molecule has 0 amide bonds. The van der Waals surface area contributed by atoms with Crippen LogP contribution in [0.5, 0.6) is 0 Å². The summed E-state index contributed by atoms with van der Waals surface area (Å²) >= 11 is 0. The number of carbonyl (C=O) groups excluding carboxylic acids is 1. The molecule has 0 N–H and O–H groups in total. The van der Waals surface area contributed by atoms with Crippen LogP contribution in [-0.4, -0.2) is 5.78 Å². The average molecular weight is 232 g/mol. The highest BCUT2D eigenvalue weighted by Crippen LogP contribution is 2.58. The van der Waals surface area contributed by atoms with E-state index in [1.807, 2.05) is 0 Å². The van der Waals surface area contributed by atoms with Crippen molar-refractivity contribution in [3.05, 3.63) is 34.6 Å². The van der Waals surface area contributed by atoms with Crippen LogP contribution in [0.2, 0.25) is 0 Å². The van der Waals surface area contributed by atoms with Gasteiger partial charge in [-0.15, -0.1) is 0 Å². The molecule has 0 aliphatic heterocycles. The lowest BCUT2D eigenvalue weighted by Crippen LogP contribution is -2.07. The van der Waals surface area contributed by atoms with Crippen molar-refractivity contribution < 1.29 is 9.18 Å². The van der Waals surface area contributed by atoms with E-state index in [4.69, 9.17) is 0 Å². The van der Waals surface area contributed by atoms with Crippen molar-refractivity contribution in [2.75, 3.05) is 0 Å². The van der Waals surface area contributed by atoms with Crippen molar-refractivity contribution in [1.29, 1.82) is 0 Å². The molecule has 0 saturated heterocycles. The van der Waals surface area contributed by atoms with E-state index in [-0.39, 0.29) is 17.5 Å². The Kier molecular flexibility index (Phi) is 2.35. The summed E-state index contributed by atoms with van der Waals surface area (Å²) in [5.41, 5.74) is 1.87. The maximum Gasteiger partial charge on any atom is 0.166 e. The van der Waals surface area contributed by atoms with Crippen molar-refractivity contribution in [2.24, 2.45) is 17.8 Å². The Labute approximate surface area is 101 Å². The number of carbonyl (C=O) groups is 1. The first kappa shape index (κ1) is 10.9. The van der Waals surface area contributed by atoms with Gasteiger partial charge >= 0.3 is 0 Å². The molecule has 17 heavy (non-hydrogen) atoms. The van der Waals surface area contributed by atoms with Gasteiger partial charge in [0.15, 0.2) is 5.78 Å². The molecule has 0 radical (unpaired) electrons. The summed E-state index contributed by atoms with van der Waals surface area (Å²) in [6.07, 6.45) is 3.70. The molecule has 2 fully saturated rings. The Hall–Kier alpha value is -1.18. The van der Waals surface area contributed by atoms with Gasteiger partial charge in [-0.3, -0.25) is 4.79 Å². The van der Waals surface area contributed by atoms with E-state index in [9.17, 15) is 9.18 Å². The number of rotatable bonds is 2. The zero-order chi connectivity index (χ0) is 12.2. The first-order valence-electron chi connectivity index (χ1n) is 6.40. The predicted molar refractivity (Wildman–Crippen MR) is 64.5 cm³/mol. The van der Waals surface area contributed by atoms with Crippen LogP contribution in [0, 0.1) is 37.4 Å². The molecule has 2 unspecified atom stereocenters. The largest absolute Gasteiger partial charge is 0.294 e. The molecule has 2 heteroatoms. The van der Waals surface area contributed by atoms with Crippen molar-refractivity contribution in [3.8, 4) is 0 Å². The number of ketones is 1. The van der Waals surface area contributed by atoms with Gasteiger partial charge in [0.25, 0.3) is 0 Å². The summed E-state index contributed by atoms with van der Waals surface area (Å²) in [6, 6.07) is 3.41. The molecule has 1 nitrogen and oxygen atoms in total. The Morgan fingerprint density at radius 1 is 1.18 bits per heavy atom. The fraction of sp³-hybridized carbons (Fsp3) is 0.533. The van der Waals surface area contributed by atoms with Crippen LogP contribution in [0.15, 0.2) is 12.1 Å². The maximum atomic E-state index is 13.5. The number of aryl methyl sites for hydroxylation is 2. The Morgan fingerprint density at radius 2 is 1.71 bits per heavy atom. The van der Waals surface area contributed by atoms with E-state index in [1.54, 1.807) is 26.0 Å². The van der Waals surface area contributed by atoms with Crippen LogP contribution >= 0.6 is 0 Å². The molecular formula is C15H17FO. The summed E-state index contributed by atoms with van der Waals surface area (Å²) in [7, 11) is 0. The lowest BCUT2D eigenvalue weighted by Gasteiger charge is -2.07. The van der Waals surface area contributed by atoms with Gasteiger partial charge < -0.3 is 0 Å². The molecule has 0 spiro atoms. The van der Waals surface area contributed by atoms with Crippen molar-refractivity contribution in [1.82, 2.24) is 0 Å². The van der Waals surface area contributed by atoms with Gasteiger partial charge in [0.2, 0.25) is 0 Å². The van der Waals surface area contributed by atoms with Gasteiger partial charge in [-0.1, -0.05) is 6.42 Å². The van der Waals surface area contributed by atoms with E-state index in [2.05, 4.69) is 0 Å². The van der Waals surface area contributed by atoms with Gasteiger partial charge in [0.05, 0.1) is 0 Å². The summed E-state index contributed by atoms with van der Waals surface area (Å²) in [4.78, 5) is 12.3. The highest BCUT2D eigenvalue weighted by molar-refractivity contribution is 6.00. The van der Waals surface area contributed by atoms with Crippen LogP contribution in [0.1, 0.15) is 40.7 Å². The molecule has 90 valence electrons. The minimum absolute atomic E-state index is 0.183. The fourth-order valence-electron chi connectivity index (χ4n) is 3.49. The average Bonchev–Trinajstić information content (AvgIpc) is 2.77. The molecule has 2 aliphatic rings. The first-order chi connectivity index (χ1) is 8.09. The molecule has 3 rings (SSSR count). The minimum Gasteiger partial charge on any atom is -0.294 e. The van der Waals surface area contributed by atoms with Gasteiger partial charge in [0.1, 0.15) is 5.82 Å². The number of hydrogen-bond acceptors (Lipinski definition) is 1. The summed E-state index contributed by atoms with van der Waals surface area (Å²) in [6.45, 7) is 3.46. The summed E-state index contributed by atoms with van der Waals surface area (Å²) in [5.74, 6) is 1.57. The maximum absolute atomic E-state index is 13.5. The summed E-state index contributed by atoms with van der Waals surface area (Å²) in [5, 5.41) is 0. The second kappa shape index (κ2) is 3.66. The van der Waals surface area contributed by atoms with Crippen LogP contribution in [0.3, 0.4) is 0 Å². The van der Waals surface area contributed by atoms with E-state index in [0.717, 1.165) is 0 Å². The standard InChI is InChI=1S/C15H17FO/c1-8-6-10(7-9(2)14(8)16)15(17)13-11-4-3-5-12(11)13/h6-7,11-13H,3-5H2,1-2H3. The van der Waals surface area contributed by atoms with Crippen LogP contribution < -0.4 is 0 Å². The Morgan fingerprint density at radius 3 is 2.24 bits per heavy atom. The van der Waals surface area contributed by atoms with Crippen molar-refractivity contribution in [3.63, 3.8) is 0 Å². The van der Waals surface area contributed by atoms with E-state index in [0.29, 0.717) is 28.5 Å². The first-order valence-corrected chi connectivity index (χ1v) is 6.40. The topological polar surface area (TPSA) is 17.1 Å². The molecule has 1 aromatic carbocycles. The number of Topliss-reactive ketones (excluding diaryl/α,β-unsaturated/α-hetero) is 1. The van der Waals surface area contributed by atoms with Crippen LogP contribution in [0.25, 0.3) is 0 Å². The molecule has 0 aromatic heterocycles. The van der Waals surface area contributed by atoms with Gasteiger partial charge in [-0.25, -0.2) is 4.39 Å². The molecule has 2 atom stereocenters. The third kappa shape index (κ3) is 1.62. The number of fused-ring (bicyclic) bond motifs is 1. The third-order valence-electron chi connectivity index (χ3n) is 4.43. The number of benzene rings is 1. The summed E-state index contributed by atoms with van der Waals surface area (Å²) < 4.78 is 13.5. The number of hydrogen-bond donors (Lipinski definition) is 0. The molecule has 1 aromatic rings. The molecular weight excluding hydrogens is 215 g/mol. The lowest BCUT2D eigenvalue weighted by molar-refractivity contribution is 0.0951. The van der Waals surface area contributed by atoms with Gasteiger partial charge in [0, 0.05) is 11.5 Å². The third-order valence-corrected chi connectivity index (χ3v) is 4.43. The zero-order valence-corrected chi connectivity index (χ0v) is 10.3. The predicted octanol–water partition coefficient (Wildman–Crippen LogP) is 3.67. The molecule has 0 heterocycles. The van der Waals surface area contributed by atoms with Crippen molar-refractivity contribution >= 4 is 5.78 Å². The Balaban J connectivity index is 1.87. The lowest BCUT2D eigenvalue weighted by atomic mass is 9.98. The monoisotopic (exact) mass is 232 g/mol. The van der Waals surface area contributed by atoms with Crippen molar-refractivity contribution in [2.45, 2.75) is 33.1 Å². The molecule has 0 bridgehead atoms.